The Morgan fingerprint density at radius 2 is 1.63 bits per heavy atom. The molecule has 0 fully saturated rings. The van der Waals surface area contributed by atoms with Crippen LogP contribution < -0.4 is 10.1 Å². The zero-order valence-electron chi connectivity index (χ0n) is 22.9. The highest BCUT2D eigenvalue weighted by Gasteiger charge is 2.17. The molecule has 38 heavy (non-hydrogen) atoms. The summed E-state index contributed by atoms with van der Waals surface area (Å²) in [6.07, 6.45) is -0.923. The third-order valence-electron chi connectivity index (χ3n) is 7.23. The van der Waals surface area contributed by atoms with Crippen LogP contribution in [-0.4, -0.2) is 27.7 Å². The number of carboxylic acids is 1. The van der Waals surface area contributed by atoms with Crippen molar-refractivity contribution in [3.63, 3.8) is 0 Å². The van der Waals surface area contributed by atoms with E-state index in [0.717, 1.165) is 33.3 Å². The van der Waals surface area contributed by atoms with Crippen LogP contribution in [0.2, 0.25) is 0 Å². The van der Waals surface area contributed by atoms with E-state index in [9.17, 15) is 9.59 Å². The van der Waals surface area contributed by atoms with Gasteiger partial charge >= 0.3 is 5.97 Å². The van der Waals surface area contributed by atoms with Crippen LogP contribution in [-0.2, 0) is 11.3 Å². The highest BCUT2D eigenvalue weighted by molar-refractivity contribution is 5.99. The highest BCUT2D eigenvalue weighted by atomic mass is 16.5. The summed E-state index contributed by atoms with van der Waals surface area (Å²) in [6.45, 7) is 12.6. The number of aromatic nitrogens is 1. The number of hydrogen-bond acceptors (Lipinski definition) is 3. The van der Waals surface area contributed by atoms with E-state index in [2.05, 4.69) is 55.8 Å². The Morgan fingerprint density at radius 1 is 0.921 bits per heavy atom. The second-order valence-electron chi connectivity index (χ2n) is 10.3. The first-order chi connectivity index (χ1) is 18.0. The quantitative estimate of drug-likeness (QED) is 0.259. The molecule has 0 aliphatic heterocycles. The molecule has 198 valence electrons. The number of nitrogens with zero attached hydrogens (tertiary/aromatic N) is 1. The second-order valence-corrected chi connectivity index (χ2v) is 10.3. The van der Waals surface area contributed by atoms with Gasteiger partial charge in [-0.25, -0.2) is 4.79 Å². The molecule has 1 heterocycles. The van der Waals surface area contributed by atoms with Crippen LogP contribution in [0, 0.1) is 13.8 Å². The van der Waals surface area contributed by atoms with Crippen LogP contribution in [0.3, 0.4) is 0 Å². The molecule has 3 aromatic carbocycles. The molecule has 2 atom stereocenters. The van der Waals surface area contributed by atoms with Gasteiger partial charge in [-0.2, -0.15) is 0 Å². The molecule has 1 aromatic heterocycles. The molecule has 0 radical (unpaired) electrons. The molecule has 2 N–H and O–H groups in total. The molecule has 0 spiro atoms. The van der Waals surface area contributed by atoms with Crippen LogP contribution in [0.5, 0.6) is 5.75 Å². The number of benzene rings is 3. The zero-order chi connectivity index (χ0) is 27.6. The van der Waals surface area contributed by atoms with Gasteiger partial charge in [-0.1, -0.05) is 50.2 Å². The fraction of sp³-hybridized carbons (Fsp3) is 0.312. The molecule has 4 rings (SSSR count). The first-order valence-corrected chi connectivity index (χ1v) is 13.0. The summed E-state index contributed by atoms with van der Waals surface area (Å²) in [5.74, 6) is -0.151. The van der Waals surface area contributed by atoms with E-state index >= 15 is 0 Å². The molecular weight excluding hydrogens is 476 g/mol. The molecule has 0 saturated carbocycles. The second kappa shape index (κ2) is 11.1. The lowest BCUT2D eigenvalue weighted by Crippen LogP contribution is -2.26. The van der Waals surface area contributed by atoms with Crippen molar-refractivity contribution in [3.8, 4) is 5.75 Å². The van der Waals surface area contributed by atoms with Gasteiger partial charge in [0.15, 0.2) is 6.10 Å². The standard InChI is InChI=1S/C32H36N2O4/c1-19(2)25-10-8-11-26(16-25)21(4)33-31(35)27-13-14-30-29(17-27)20(3)22(5)34(30)18-24-9-7-12-28(15-24)38-23(6)32(36)37/h7-17,19,21,23H,18H2,1-6H3,(H,33,35)(H,36,37)/t21-,23?/m0/s1. The van der Waals surface area contributed by atoms with Crippen molar-refractivity contribution in [2.75, 3.05) is 0 Å². The van der Waals surface area contributed by atoms with Crippen molar-refractivity contribution in [1.29, 1.82) is 0 Å². The summed E-state index contributed by atoms with van der Waals surface area (Å²) in [7, 11) is 0. The summed E-state index contributed by atoms with van der Waals surface area (Å²) < 4.78 is 7.76. The monoisotopic (exact) mass is 512 g/mol. The van der Waals surface area contributed by atoms with Gasteiger partial charge in [-0.15, -0.1) is 0 Å². The molecule has 1 amide bonds. The zero-order valence-corrected chi connectivity index (χ0v) is 22.9. The first-order valence-electron chi connectivity index (χ1n) is 13.0. The smallest absolute Gasteiger partial charge is 0.344 e. The molecule has 6 nitrogen and oxygen atoms in total. The lowest BCUT2D eigenvalue weighted by molar-refractivity contribution is -0.144. The van der Waals surface area contributed by atoms with Crippen LogP contribution in [0.25, 0.3) is 10.9 Å². The lowest BCUT2D eigenvalue weighted by Gasteiger charge is -2.16. The Hall–Kier alpha value is -4.06. The van der Waals surface area contributed by atoms with Gasteiger partial charge < -0.3 is 19.7 Å². The number of carboxylic acid groups (broad SMARTS) is 1. The number of aryl methyl sites for hydroxylation is 1. The van der Waals surface area contributed by atoms with E-state index in [1.54, 1.807) is 6.07 Å². The number of ether oxygens (including phenoxy) is 1. The summed E-state index contributed by atoms with van der Waals surface area (Å²) in [5.41, 5.74) is 7.25. The maximum Gasteiger partial charge on any atom is 0.344 e. The molecule has 0 aliphatic carbocycles. The molecule has 0 saturated heterocycles. The van der Waals surface area contributed by atoms with Crippen molar-refractivity contribution >= 4 is 22.8 Å². The number of rotatable bonds is 9. The third-order valence-corrected chi connectivity index (χ3v) is 7.23. The minimum atomic E-state index is -1.00. The maximum absolute atomic E-state index is 13.2. The average Bonchev–Trinajstić information content (AvgIpc) is 3.13. The normalized spacial score (nSPS) is 12.9. The predicted molar refractivity (Wildman–Crippen MR) is 151 cm³/mol. The van der Waals surface area contributed by atoms with Gasteiger partial charge in [0.2, 0.25) is 0 Å². The number of carbonyl (C=O) groups excluding carboxylic acids is 1. The van der Waals surface area contributed by atoms with Crippen molar-refractivity contribution in [1.82, 2.24) is 9.88 Å². The Balaban J connectivity index is 1.56. The Labute approximate surface area is 224 Å². The van der Waals surface area contributed by atoms with Crippen LogP contribution >= 0.6 is 0 Å². The molecule has 0 bridgehead atoms. The van der Waals surface area contributed by atoms with E-state index in [1.807, 2.05) is 49.4 Å². The number of hydrogen-bond donors (Lipinski definition) is 2. The largest absolute Gasteiger partial charge is 0.479 e. The molecule has 1 unspecified atom stereocenters. The van der Waals surface area contributed by atoms with E-state index in [-0.39, 0.29) is 11.9 Å². The van der Waals surface area contributed by atoms with Gasteiger partial charge in [0, 0.05) is 28.7 Å². The van der Waals surface area contributed by atoms with Crippen LogP contribution in [0.15, 0.2) is 66.7 Å². The van der Waals surface area contributed by atoms with Crippen LogP contribution in [0.4, 0.5) is 0 Å². The number of aliphatic carboxylic acids is 1. The molecule has 0 aliphatic rings. The summed E-state index contributed by atoms with van der Waals surface area (Å²) in [4.78, 5) is 24.3. The topological polar surface area (TPSA) is 80.6 Å². The van der Waals surface area contributed by atoms with Crippen molar-refractivity contribution in [2.24, 2.45) is 0 Å². The molecule has 4 aromatic rings. The summed E-state index contributed by atoms with van der Waals surface area (Å²) in [5, 5.41) is 13.3. The predicted octanol–water partition coefficient (Wildman–Crippen LogP) is 6.77. The van der Waals surface area contributed by atoms with E-state index < -0.39 is 12.1 Å². The third kappa shape index (κ3) is 5.75. The number of amides is 1. The van der Waals surface area contributed by atoms with Crippen molar-refractivity contribution in [3.05, 3.63) is 100 Å². The molecular formula is C32H36N2O4. The summed E-state index contributed by atoms with van der Waals surface area (Å²) in [6, 6.07) is 21.6. The van der Waals surface area contributed by atoms with Gasteiger partial charge in [0.05, 0.1) is 6.04 Å². The first kappa shape index (κ1) is 27.0. The average molecular weight is 513 g/mol. The number of fused-ring (bicyclic) bond motifs is 1. The fourth-order valence-electron chi connectivity index (χ4n) is 4.70. The van der Waals surface area contributed by atoms with E-state index in [1.165, 1.54) is 12.5 Å². The maximum atomic E-state index is 13.2. The summed E-state index contributed by atoms with van der Waals surface area (Å²) >= 11 is 0. The minimum Gasteiger partial charge on any atom is -0.479 e. The Bertz CT molecular complexity index is 1480. The van der Waals surface area contributed by atoms with Crippen molar-refractivity contribution in [2.45, 2.75) is 66.2 Å². The Morgan fingerprint density at radius 3 is 2.34 bits per heavy atom. The fourth-order valence-corrected chi connectivity index (χ4v) is 4.70. The van der Waals surface area contributed by atoms with Gasteiger partial charge in [0.1, 0.15) is 5.75 Å². The van der Waals surface area contributed by atoms with Crippen LogP contribution in [0.1, 0.15) is 78.0 Å². The number of carbonyl (C=O) groups is 2. The minimum absolute atomic E-state index is 0.100. The van der Waals surface area contributed by atoms with E-state index in [4.69, 9.17) is 9.84 Å². The van der Waals surface area contributed by atoms with Crippen molar-refractivity contribution < 1.29 is 19.4 Å². The number of nitrogens with one attached hydrogen (secondary N) is 1. The molecule has 6 heteroatoms. The van der Waals surface area contributed by atoms with Gasteiger partial charge in [0.25, 0.3) is 5.91 Å². The Kier molecular flexibility index (Phi) is 7.91. The van der Waals surface area contributed by atoms with Gasteiger partial charge in [-0.05, 0) is 86.2 Å². The lowest BCUT2D eigenvalue weighted by atomic mass is 9.98. The van der Waals surface area contributed by atoms with E-state index in [0.29, 0.717) is 23.8 Å². The SMILES string of the molecule is Cc1c(C)n(Cc2cccc(OC(C)C(=O)O)c2)c2ccc(C(=O)N[C@@H](C)c3cccc(C(C)C)c3)cc12. The van der Waals surface area contributed by atoms with Gasteiger partial charge in [-0.3, -0.25) is 4.79 Å². The highest BCUT2D eigenvalue weighted by Crippen LogP contribution is 2.28.